The number of para-hydroxylation sites is 1. The molecule has 0 saturated heterocycles. The van der Waals surface area contributed by atoms with E-state index in [-0.39, 0.29) is 18.1 Å². The topological polar surface area (TPSA) is 104 Å². The second-order valence-corrected chi connectivity index (χ2v) is 8.33. The van der Waals surface area contributed by atoms with Gasteiger partial charge in [-0.05, 0) is 25.0 Å². The number of rotatable bonds is 4. The maximum absolute atomic E-state index is 13.4. The smallest absolute Gasteiger partial charge is 0.227 e. The van der Waals surface area contributed by atoms with E-state index < -0.39 is 17.1 Å². The molecule has 0 radical (unpaired) electrons. The molecule has 32 heavy (non-hydrogen) atoms. The zero-order valence-electron chi connectivity index (χ0n) is 18.0. The van der Waals surface area contributed by atoms with E-state index in [1.54, 1.807) is 31.0 Å². The largest absolute Gasteiger partial charge is 0.502 e. The fourth-order valence-electron chi connectivity index (χ4n) is 4.55. The van der Waals surface area contributed by atoms with Crippen molar-refractivity contribution in [3.63, 3.8) is 0 Å². The zero-order valence-corrected chi connectivity index (χ0v) is 18.0. The van der Waals surface area contributed by atoms with Crippen LogP contribution in [0.1, 0.15) is 40.7 Å². The summed E-state index contributed by atoms with van der Waals surface area (Å²) in [5.74, 6) is -0.682. The van der Waals surface area contributed by atoms with Crippen molar-refractivity contribution in [2.24, 2.45) is 7.05 Å². The number of nitrogens with one attached hydrogen (secondary N) is 1. The van der Waals surface area contributed by atoms with Crippen LogP contribution in [-0.4, -0.2) is 37.2 Å². The van der Waals surface area contributed by atoms with E-state index >= 15 is 0 Å². The molecule has 3 aromatic heterocycles. The molecular weight excluding hydrogens is 408 g/mol. The lowest BCUT2D eigenvalue weighted by Gasteiger charge is -2.28. The van der Waals surface area contributed by atoms with Gasteiger partial charge in [-0.15, -0.1) is 0 Å². The van der Waals surface area contributed by atoms with Gasteiger partial charge >= 0.3 is 0 Å². The Morgan fingerprint density at radius 2 is 2.16 bits per heavy atom. The molecule has 0 spiro atoms. The summed E-state index contributed by atoms with van der Waals surface area (Å²) in [6.07, 6.45) is 4.23. The third-order valence-corrected chi connectivity index (χ3v) is 6.13. The van der Waals surface area contributed by atoms with Crippen LogP contribution >= 0.6 is 0 Å². The monoisotopic (exact) mass is 432 g/mol. The van der Waals surface area contributed by atoms with Crippen LogP contribution in [0.4, 0.5) is 0 Å². The molecule has 0 bridgehead atoms. The number of carbonyl (C=O) groups excluding carboxylic acids is 1. The van der Waals surface area contributed by atoms with Crippen molar-refractivity contribution in [1.82, 2.24) is 19.7 Å². The predicted octanol–water partition coefficient (Wildman–Crippen LogP) is 2.98. The van der Waals surface area contributed by atoms with Crippen molar-refractivity contribution < 1.29 is 14.3 Å². The van der Waals surface area contributed by atoms with Crippen molar-refractivity contribution >= 4 is 16.8 Å². The van der Waals surface area contributed by atoms with E-state index in [9.17, 15) is 14.7 Å². The quantitative estimate of drug-likeness (QED) is 0.516. The van der Waals surface area contributed by atoms with Gasteiger partial charge in [0.25, 0.3) is 0 Å². The van der Waals surface area contributed by atoms with Gasteiger partial charge in [-0.2, -0.15) is 5.10 Å². The summed E-state index contributed by atoms with van der Waals surface area (Å²) in [6.45, 7) is 2.75. The number of hydrogen-bond acceptors (Lipinski definition) is 5. The molecule has 0 saturated carbocycles. The highest BCUT2D eigenvalue weighted by Gasteiger charge is 2.30. The maximum atomic E-state index is 13.4. The average Bonchev–Trinajstić information content (AvgIpc) is 3.37. The number of fused-ring (bicyclic) bond motifs is 3. The number of nitrogens with zero attached hydrogens (tertiary/aromatic N) is 3. The summed E-state index contributed by atoms with van der Waals surface area (Å²) in [6, 6.07) is 9.40. The Kier molecular flexibility index (Phi) is 4.84. The number of aryl methyl sites for hydroxylation is 2. The van der Waals surface area contributed by atoms with E-state index in [4.69, 9.17) is 4.42 Å². The minimum Gasteiger partial charge on any atom is -0.502 e. The summed E-state index contributed by atoms with van der Waals surface area (Å²) in [5.41, 5.74) is 3.56. The lowest BCUT2D eigenvalue weighted by Crippen LogP contribution is -2.36. The molecule has 1 aliphatic heterocycles. The number of carbonyl (C=O) groups is 1. The maximum Gasteiger partial charge on any atom is 0.227 e. The second-order valence-electron chi connectivity index (χ2n) is 8.33. The molecular formula is C24H24N4O4. The Bertz CT molecular complexity index is 1380. The Hall–Kier alpha value is -3.81. The van der Waals surface area contributed by atoms with Crippen LogP contribution < -0.4 is 5.43 Å². The number of aromatic hydroxyl groups is 1. The molecule has 5 rings (SSSR count). The summed E-state index contributed by atoms with van der Waals surface area (Å²) < 4.78 is 7.36. The lowest BCUT2D eigenvalue weighted by molar-refractivity contribution is -0.132. The number of aromatic amines is 1. The van der Waals surface area contributed by atoms with Gasteiger partial charge in [0.2, 0.25) is 17.1 Å². The lowest BCUT2D eigenvalue weighted by atomic mass is 9.93. The van der Waals surface area contributed by atoms with Gasteiger partial charge in [-0.3, -0.25) is 14.3 Å². The van der Waals surface area contributed by atoms with Gasteiger partial charge in [-0.25, -0.2) is 0 Å². The third-order valence-electron chi connectivity index (χ3n) is 6.13. The van der Waals surface area contributed by atoms with E-state index in [0.29, 0.717) is 24.4 Å². The number of H-pyrrole nitrogens is 1. The minimum atomic E-state index is -0.618. The number of aromatic nitrogens is 3. The first kappa shape index (κ1) is 20.1. The predicted molar refractivity (Wildman–Crippen MR) is 118 cm³/mol. The standard InChI is InChI=1S/C24H24N4O4/c1-14-9-21(29)23(31)24(32-14)18(15-11-25-27(2)12-15)10-22(30)28-8-7-17-16-5-3-4-6-19(16)26-20(17)13-28/h3-6,9,11-12,18,26,31H,7-8,10,13H2,1-2H3/t18-/m0/s1. The highest BCUT2D eigenvalue weighted by Crippen LogP contribution is 2.34. The Labute approximate surface area is 184 Å². The Balaban J connectivity index is 1.45. The fraction of sp³-hybridized carbons (Fsp3) is 0.292. The van der Waals surface area contributed by atoms with Crippen LogP contribution in [0.5, 0.6) is 5.75 Å². The van der Waals surface area contributed by atoms with E-state index in [2.05, 4.69) is 16.1 Å². The summed E-state index contributed by atoms with van der Waals surface area (Å²) in [7, 11) is 1.77. The van der Waals surface area contributed by atoms with Crippen LogP contribution in [-0.2, 0) is 24.8 Å². The van der Waals surface area contributed by atoms with Gasteiger partial charge in [0.1, 0.15) is 5.76 Å². The van der Waals surface area contributed by atoms with Gasteiger partial charge in [-0.1, -0.05) is 18.2 Å². The van der Waals surface area contributed by atoms with Gasteiger partial charge in [0, 0.05) is 54.4 Å². The van der Waals surface area contributed by atoms with Crippen LogP contribution in [0.3, 0.4) is 0 Å². The average molecular weight is 432 g/mol. The number of amides is 1. The molecule has 1 amide bonds. The van der Waals surface area contributed by atoms with Gasteiger partial charge < -0.3 is 19.4 Å². The van der Waals surface area contributed by atoms with E-state index in [0.717, 1.165) is 17.6 Å². The highest BCUT2D eigenvalue weighted by molar-refractivity contribution is 5.86. The Morgan fingerprint density at radius 1 is 1.34 bits per heavy atom. The molecule has 2 N–H and O–H groups in total. The first-order valence-corrected chi connectivity index (χ1v) is 10.6. The zero-order chi connectivity index (χ0) is 22.4. The second kappa shape index (κ2) is 7.71. The first-order valence-electron chi connectivity index (χ1n) is 10.6. The van der Waals surface area contributed by atoms with Gasteiger partial charge in [0.05, 0.1) is 18.7 Å². The van der Waals surface area contributed by atoms with Crippen molar-refractivity contribution in [2.75, 3.05) is 6.54 Å². The molecule has 4 aromatic rings. The normalized spacial score (nSPS) is 14.5. The van der Waals surface area contributed by atoms with Crippen molar-refractivity contribution in [3.8, 4) is 5.75 Å². The van der Waals surface area contributed by atoms with Crippen molar-refractivity contribution in [2.45, 2.75) is 32.2 Å². The van der Waals surface area contributed by atoms with E-state index in [1.165, 1.54) is 17.0 Å². The summed E-state index contributed by atoms with van der Waals surface area (Å²) in [4.78, 5) is 30.8. The van der Waals surface area contributed by atoms with Crippen LogP contribution in [0, 0.1) is 6.92 Å². The third kappa shape index (κ3) is 3.47. The molecule has 0 fully saturated rings. The molecule has 1 aliphatic rings. The fourth-order valence-corrected chi connectivity index (χ4v) is 4.55. The van der Waals surface area contributed by atoms with Crippen LogP contribution in [0.25, 0.3) is 10.9 Å². The molecule has 1 atom stereocenters. The SMILES string of the molecule is Cc1cc(=O)c(O)c([C@@H](CC(=O)N2CCc3c([nH]c4ccccc34)C2)c2cnn(C)c2)o1. The van der Waals surface area contributed by atoms with Crippen LogP contribution in [0.15, 0.2) is 51.9 Å². The van der Waals surface area contributed by atoms with Crippen LogP contribution in [0.2, 0.25) is 0 Å². The molecule has 8 nitrogen and oxygen atoms in total. The summed E-state index contributed by atoms with van der Waals surface area (Å²) in [5, 5.41) is 15.8. The molecule has 0 aliphatic carbocycles. The van der Waals surface area contributed by atoms with Crippen molar-refractivity contribution in [3.05, 3.63) is 81.3 Å². The number of hydrogen-bond donors (Lipinski definition) is 2. The summed E-state index contributed by atoms with van der Waals surface area (Å²) >= 11 is 0. The molecule has 0 unspecified atom stereocenters. The number of benzene rings is 1. The first-order chi connectivity index (χ1) is 15.4. The molecule has 164 valence electrons. The Morgan fingerprint density at radius 3 is 2.94 bits per heavy atom. The molecule has 4 heterocycles. The molecule has 1 aromatic carbocycles. The van der Waals surface area contributed by atoms with E-state index in [1.807, 2.05) is 23.1 Å². The molecule has 8 heteroatoms. The van der Waals surface area contributed by atoms with Crippen molar-refractivity contribution in [1.29, 1.82) is 0 Å². The minimum absolute atomic E-state index is 0.0568. The highest BCUT2D eigenvalue weighted by atomic mass is 16.4. The van der Waals surface area contributed by atoms with Gasteiger partial charge in [0.15, 0.2) is 5.76 Å².